The fourth-order valence-electron chi connectivity index (χ4n) is 2.24. The summed E-state index contributed by atoms with van der Waals surface area (Å²) in [5.74, 6) is 0. The number of aromatic nitrogens is 3. The molecule has 0 unspecified atom stereocenters. The third-order valence-corrected chi connectivity index (χ3v) is 7.13. The number of nitrogens with zero attached hydrogens (tertiary/aromatic N) is 3. The molecule has 24 heavy (non-hydrogen) atoms. The Morgan fingerprint density at radius 2 is 2.04 bits per heavy atom. The third kappa shape index (κ3) is 4.21. The van der Waals surface area contributed by atoms with Gasteiger partial charge in [-0.1, -0.05) is 0 Å². The summed E-state index contributed by atoms with van der Waals surface area (Å²) < 4.78 is 4.64. The van der Waals surface area contributed by atoms with Crippen LogP contribution in [-0.2, 0) is 26.4 Å². The minimum atomic E-state index is 1.05. The molecule has 0 N–H and O–H groups in total. The number of imidazole rings is 1. The Labute approximate surface area is 174 Å². The summed E-state index contributed by atoms with van der Waals surface area (Å²) >= 11 is 7.24. The molecule has 0 amide bonds. The van der Waals surface area contributed by atoms with Gasteiger partial charge < -0.3 is 0 Å². The molecule has 0 radical (unpaired) electrons. The topological polar surface area (TPSA) is 30.7 Å². The molecule has 0 saturated carbocycles. The molecular formula is C17H14IN3S2W. The number of hydrogen-bond donors (Lipinski definition) is 0. The van der Waals surface area contributed by atoms with Crippen LogP contribution in [0.25, 0.3) is 11.3 Å². The molecule has 0 saturated heterocycles. The molecule has 0 aliphatic rings. The van der Waals surface area contributed by atoms with Crippen molar-refractivity contribution in [1.29, 1.82) is 0 Å². The number of aryl methyl sites for hydroxylation is 1. The van der Waals surface area contributed by atoms with Crippen LogP contribution in [0.5, 0.6) is 0 Å². The van der Waals surface area contributed by atoms with Gasteiger partial charge in [-0.3, -0.25) is 0 Å². The van der Waals surface area contributed by atoms with Gasteiger partial charge in [0.25, 0.3) is 0 Å². The van der Waals surface area contributed by atoms with Gasteiger partial charge in [-0.05, 0) is 0 Å². The maximum atomic E-state index is 4.65. The van der Waals surface area contributed by atoms with Crippen LogP contribution in [0.1, 0.15) is 5.69 Å². The molecule has 0 atom stereocenters. The summed E-state index contributed by atoms with van der Waals surface area (Å²) in [6.07, 6.45) is 5.82. The molecule has 2 heterocycles. The third-order valence-electron chi connectivity index (χ3n) is 3.35. The zero-order valence-corrected chi connectivity index (χ0v) is 19.8. The average Bonchev–Trinajstić information content (AvgIpc) is 2.97. The molecule has 122 valence electrons. The minimum absolute atomic E-state index is 1.05. The normalized spacial score (nSPS) is 10.8. The number of hydrogen-bond acceptors (Lipinski definition) is 4. The molecule has 3 aromatic rings. The fourth-order valence-corrected chi connectivity index (χ4v) is 6.02. The first-order valence-electron chi connectivity index (χ1n) is 7.08. The van der Waals surface area contributed by atoms with Gasteiger partial charge in [-0.2, -0.15) is 0 Å². The zero-order chi connectivity index (χ0) is 17.1. The number of benzene rings is 1. The first-order chi connectivity index (χ1) is 11.6. The second kappa shape index (κ2) is 8.30. The van der Waals surface area contributed by atoms with Crippen LogP contribution in [0, 0.1) is 3.57 Å². The molecule has 7 heteroatoms. The van der Waals surface area contributed by atoms with E-state index in [0.29, 0.717) is 0 Å². The van der Waals surface area contributed by atoms with Crippen LogP contribution < -0.4 is 0 Å². The van der Waals surface area contributed by atoms with Gasteiger partial charge in [0, 0.05) is 0 Å². The van der Waals surface area contributed by atoms with Gasteiger partial charge in [0.1, 0.15) is 0 Å². The van der Waals surface area contributed by atoms with Crippen molar-refractivity contribution in [2.75, 3.05) is 6.26 Å². The Bertz CT molecular complexity index is 895. The molecule has 0 aliphatic carbocycles. The van der Waals surface area contributed by atoms with Gasteiger partial charge in [0.2, 0.25) is 0 Å². The molecule has 0 spiro atoms. The summed E-state index contributed by atoms with van der Waals surface area (Å²) in [7, 11) is 2.06. The van der Waals surface area contributed by atoms with Gasteiger partial charge in [0.15, 0.2) is 0 Å². The van der Waals surface area contributed by atoms with Gasteiger partial charge in [0.05, 0.1) is 0 Å². The van der Waals surface area contributed by atoms with Crippen LogP contribution >= 0.6 is 46.1 Å². The zero-order valence-electron chi connectivity index (χ0n) is 13.1. The number of thioether (sulfide) groups is 2. The molecule has 3 nitrogen and oxygen atoms in total. The van der Waals surface area contributed by atoms with Crippen molar-refractivity contribution in [3.8, 4) is 11.3 Å². The van der Waals surface area contributed by atoms with Crippen molar-refractivity contribution < 1.29 is 19.4 Å². The summed E-state index contributed by atoms with van der Waals surface area (Å²) in [5, 5.41) is 1.05. The Morgan fingerprint density at radius 3 is 2.79 bits per heavy atom. The Kier molecular flexibility index (Phi) is 6.35. The van der Waals surface area contributed by atoms with E-state index in [0.717, 1.165) is 16.3 Å². The Balaban J connectivity index is 1.94. The molecule has 1 aromatic carbocycles. The predicted octanol–water partition coefficient (Wildman–Crippen LogP) is 4.63. The molecule has 3 rings (SSSR count). The van der Waals surface area contributed by atoms with E-state index in [2.05, 4.69) is 86.8 Å². The van der Waals surface area contributed by atoms with E-state index in [4.69, 9.17) is 0 Å². The molecule has 0 fully saturated rings. The number of halogens is 1. The molecular weight excluding hydrogens is 621 g/mol. The maximum absolute atomic E-state index is 4.65. The second-order valence-electron chi connectivity index (χ2n) is 4.99. The van der Waals surface area contributed by atoms with Crippen molar-refractivity contribution in [3.05, 3.63) is 58.2 Å². The van der Waals surface area contributed by atoms with E-state index in [1.165, 1.54) is 36.7 Å². The van der Waals surface area contributed by atoms with Gasteiger partial charge in [-0.25, -0.2) is 0 Å². The van der Waals surface area contributed by atoms with E-state index < -0.39 is 0 Å². The Morgan fingerprint density at radius 1 is 1.21 bits per heavy atom. The first-order valence-corrected chi connectivity index (χ1v) is 11.7. The van der Waals surface area contributed by atoms with Crippen molar-refractivity contribution in [2.24, 2.45) is 7.05 Å². The van der Waals surface area contributed by atoms with E-state index in [1.807, 2.05) is 12.5 Å². The van der Waals surface area contributed by atoms with Crippen LogP contribution in [0.2, 0.25) is 0 Å². The van der Waals surface area contributed by atoms with E-state index in [9.17, 15) is 0 Å². The molecule has 0 bridgehead atoms. The van der Waals surface area contributed by atoms with Crippen molar-refractivity contribution >= 4 is 49.3 Å². The standard InChI is InChI=1S/C17H14IN3S2.W/c1-21-11-20-17(12-4-3-5-13(18)8-12)15(21)10-23-14-6-7-19-16(9-14)22-2;/h3-9,11H,1-2H3;. The fraction of sp³-hybridized carbons (Fsp3) is 0.118. The first kappa shape index (κ1) is 18.4. The molecule has 2 aromatic heterocycles. The monoisotopic (exact) mass is 635 g/mol. The summed E-state index contributed by atoms with van der Waals surface area (Å²) in [6, 6.07) is 12.7. The van der Waals surface area contributed by atoms with Crippen LogP contribution in [0.15, 0.2) is 58.8 Å². The van der Waals surface area contributed by atoms with Crippen molar-refractivity contribution in [1.82, 2.24) is 14.5 Å². The second-order valence-corrected chi connectivity index (χ2v) is 10.6. The predicted molar refractivity (Wildman–Crippen MR) is 107 cm³/mol. The number of pyridine rings is 1. The van der Waals surface area contributed by atoms with Crippen LogP contribution in [0.3, 0.4) is 0 Å². The van der Waals surface area contributed by atoms with Crippen molar-refractivity contribution in [2.45, 2.75) is 9.92 Å². The summed E-state index contributed by atoms with van der Waals surface area (Å²) in [4.78, 5) is 10.2. The van der Waals surface area contributed by atoms with Crippen LogP contribution in [0.4, 0.5) is 0 Å². The van der Waals surface area contributed by atoms with Crippen LogP contribution in [-0.4, -0.2) is 24.0 Å². The summed E-state index contributed by atoms with van der Waals surface area (Å²) in [5.41, 5.74) is 3.41. The SMILES string of the molecule is CSc1cc(S[C](=[W])c2c(-c3cccc(I)c3)ncn2C)ccn1. The average molecular weight is 635 g/mol. The van der Waals surface area contributed by atoms with Gasteiger partial charge >= 0.3 is 176 Å². The van der Waals surface area contributed by atoms with Crippen molar-refractivity contribution in [3.63, 3.8) is 0 Å². The quantitative estimate of drug-likeness (QED) is 0.303. The Hall–Kier alpha value is -0.432. The summed E-state index contributed by atoms with van der Waals surface area (Å²) in [6.45, 7) is 0. The van der Waals surface area contributed by atoms with E-state index in [1.54, 1.807) is 23.5 Å². The molecule has 0 aliphatic heterocycles. The van der Waals surface area contributed by atoms with Gasteiger partial charge in [-0.15, -0.1) is 0 Å². The van der Waals surface area contributed by atoms with E-state index in [-0.39, 0.29) is 0 Å². The van der Waals surface area contributed by atoms with E-state index >= 15 is 0 Å². The number of rotatable bonds is 5.